The fourth-order valence-electron chi connectivity index (χ4n) is 2.31. The summed E-state index contributed by atoms with van der Waals surface area (Å²) in [5, 5.41) is 6.86. The second-order valence-corrected chi connectivity index (χ2v) is 5.60. The van der Waals surface area contributed by atoms with Gasteiger partial charge in [0.1, 0.15) is 5.69 Å². The van der Waals surface area contributed by atoms with E-state index in [0.717, 1.165) is 11.1 Å². The third-order valence-electron chi connectivity index (χ3n) is 3.61. The van der Waals surface area contributed by atoms with Crippen molar-refractivity contribution in [2.75, 3.05) is 0 Å². The van der Waals surface area contributed by atoms with E-state index in [0.29, 0.717) is 23.6 Å². The second kappa shape index (κ2) is 6.48. The lowest BCUT2D eigenvalue weighted by Gasteiger charge is -2.03. The molecule has 0 saturated heterocycles. The molecule has 3 aromatic rings. The van der Waals surface area contributed by atoms with E-state index in [4.69, 9.17) is 4.52 Å². The summed E-state index contributed by atoms with van der Waals surface area (Å²) >= 11 is 0. The highest BCUT2D eigenvalue weighted by atomic mass is 16.5. The van der Waals surface area contributed by atoms with Crippen molar-refractivity contribution in [3.05, 3.63) is 77.0 Å². The molecule has 1 N–H and O–H groups in total. The lowest BCUT2D eigenvalue weighted by molar-refractivity contribution is 0.0950. The minimum Gasteiger partial charge on any atom is -0.356 e. The van der Waals surface area contributed by atoms with E-state index in [1.807, 2.05) is 62.4 Å². The van der Waals surface area contributed by atoms with Gasteiger partial charge in [-0.15, -0.1) is 0 Å². The number of amides is 1. The van der Waals surface area contributed by atoms with Gasteiger partial charge in [-0.05, 0) is 26.0 Å². The van der Waals surface area contributed by atoms with E-state index in [1.54, 1.807) is 6.07 Å². The molecule has 1 amide bonds. The lowest BCUT2D eigenvalue weighted by atomic mass is 10.1. The highest BCUT2D eigenvalue weighted by Crippen LogP contribution is 2.20. The number of aromatic nitrogens is 1. The Morgan fingerprint density at radius 1 is 1.04 bits per heavy atom. The van der Waals surface area contributed by atoms with E-state index in [2.05, 4.69) is 10.5 Å². The molecule has 0 aliphatic rings. The number of hydrogen-bond donors (Lipinski definition) is 1. The first kappa shape index (κ1) is 15.0. The Hall–Kier alpha value is -2.88. The average Bonchev–Trinajstić information content (AvgIpc) is 3.02. The maximum Gasteiger partial charge on any atom is 0.251 e. The zero-order chi connectivity index (χ0) is 16.2. The molecule has 4 heteroatoms. The molecule has 0 unspecified atom stereocenters. The third kappa shape index (κ3) is 3.66. The summed E-state index contributed by atoms with van der Waals surface area (Å²) in [5.41, 5.74) is 4.56. The van der Waals surface area contributed by atoms with Crippen LogP contribution in [0.25, 0.3) is 11.3 Å². The topological polar surface area (TPSA) is 55.1 Å². The highest BCUT2D eigenvalue weighted by molar-refractivity contribution is 5.94. The Kier molecular flexibility index (Phi) is 4.24. The molecule has 1 aromatic heterocycles. The van der Waals surface area contributed by atoms with Crippen molar-refractivity contribution >= 4 is 5.91 Å². The Morgan fingerprint density at radius 2 is 1.83 bits per heavy atom. The van der Waals surface area contributed by atoms with Gasteiger partial charge in [-0.2, -0.15) is 0 Å². The quantitative estimate of drug-likeness (QED) is 0.795. The molecule has 0 radical (unpaired) electrons. The third-order valence-corrected chi connectivity index (χ3v) is 3.61. The van der Waals surface area contributed by atoms with Gasteiger partial charge in [0.15, 0.2) is 5.76 Å². The van der Waals surface area contributed by atoms with Gasteiger partial charge in [0.05, 0.1) is 6.54 Å². The maximum absolute atomic E-state index is 12.1. The van der Waals surface area contributed by atoms with Crippen LogP contribution >= 0.6 is 0 Å². The van der Waals surface area contributed by atoms with Crippen LogP contribution in [0.15, 0.2) is 59.1 Å². The van der Waals surface area contributed by atoms with Gasteiger partial charge in [0.25, 0.3) is 5.91 Å². The van der Waals surface area contributed by atoms with Crippen molar-refractivity contribution in [2.45, 2.75) is 20.4 Å². The van der Waals surface area contributed by atoms with Crippen LogP contribution in [0.2, 0.25) is 0 Å². The van der Waals surface area contributed by atoms with Crippen LogP contribution in [-0.4, -0.2) is 11.1 Å². The monoisotopic (exact) mass is 306 g/mol. The zero-order valence-electron chi connectivity index (χ0n) is 13.2. The Bertz CT molecular complexity index is 819. The molecule has 0 fully saturated rings. The number of benzene rings is 2. The first-order valence-corrected chi connectivity index (χ1v) is 7.49. The van der Waals surface area contributed by atoms with Crippen LogP contribution in [0.5, 0.6) is 0 Å². The molecule has 3 rings (SSSR count). The molecule has 0 aliphatic carbocycles. The van der Waals surface area contributed by atoms with Crippen LogP contribution in [0.4, 0.5) is 0 Å². The van der Waals surface area contributed by atoms with Crippen LogP contribution in [0, 0.1) is 13.8 Å². The summed E-state index contributed by atoms with van der Waals surface area (Å²) in [6, 6.07) is 17.4. The highest BCUT2D eigenvalue weighted by Gasteiger charge is 2.09. The molecule has 0 atom stereocenters. The minimum absolute atomic E-state index is 0.117. The molecule has 0 saturated carbocycles. The summed E-state index contributed by atoms with van der Waals surface area (Å²) in [7, 11) is 0. The number of carbonyl (C=O) groups excluding carboxylic acids is 1. The summed E-state index contributed by atoms with van der Waals surface area (Å²) < 4.78 is 5.35. The molecule has 2 aromatic carbocycles. The predicted molar refractivity (Wildman–Crippen MR) is 89.0 cm³/mol. The molecular formula is C19H18N2O2. The largest absolute Gasteiger partial charge is 0.356 e. The number of carbonyl (C=O) groups is 1. The number of rotatable bonds is 4. The van der Waals surface area contributed by atoms with Crippen molar-refractivity contribution in [3.8, 4) is 11.3 Å². The number of hydrogen-bond acceptors (Lipinski definition) is 3. The van der Waals surface area contributed by atoms with Crippen molar-refractivity contribution in [2.24, 2.45) is 0 Å². The summed E-state index contributed by atoms with van der Waals surface area (Å²) in [6.07, 6.45) is 0. The zero-order valence-corrected chi connectivity index (χ0v) is 13.2. The molecule has 0 aliphatic heterocycles. The molecule has 0 spiro atoms. The number of nitrogens with zero attached hydrogens (tertiary/aromatic N) is 1. The van der Waals surface area contributed by atoms with E-state index in [9.17, 15) is 4.79 Å². The molecule has 4 nitrogen and oxygen atoms in total. The molecule has 116 valence electrons. The van der Waals surface area contributed by atoms with Gasteiger partial charge in [0, 0.05) is 17.2 Å². The molecule has 0 bridgehead atoms. The lowest BCUT2D eigenvalue weighted by Crippen LogP contribution is -2.22. The van der Waals surface area contributed by atoms with E-state index in [-0.39, 0.29) is 5.91 Å². The van der Waals surface area contributed by atoms with E-state index < -0.39 is 0 Å². The van der Waals surface area contributed by atoms with Gasteiger partial charge >= 0.3 is 0 Å². The fraction of sp³-hybridized carbons (Fsp3) is 0.158. The normalized spacial score (nSPS) is 10.5. The fourth-order valence-corrected chi connectivity index (χ4v) is 2.31. The Labute approximate surface area is 135 Å². The van der Waals surface area contributed by atoms with Crippen LogP contribution < -0.4 is 5.32 Å². The van der Waals surface area contributed by atoms with Crippen LogP contribution in [0.3, 0.4) is 0 Å². The minimum atomic E-state index is -0.117. The smallest absolute Gasteiger partial charge is 0.251 e. The van der Waals surface area contributed by atoms with Crippen molar-refractivity contribution < 1.29 is 9.32 Å². The van der Waals surface area contributed by atoms with Gasteiger partial charge < -0.3 is 9.84 Å². The van der Waals surface area contributed by atoms with Gasteiger partial charge in [-0.1, -0.05) is 52.7 Å². The van der Waals surface area contributed by atoms with Crippen LogP contribution in [-0.2, 0) is 6.54 Å². The van der Waals surface area contributed by atoms with E-state index >= 15 is 0 Å². The summed E-state index contributed by atoms with van der Waals surface area (Å²) in [6.45, 7) is 4.33. The molecular weight excluding hydrogens is 288 g/mol. The second-order valence-electron chi connectivity index (χ2n) is 5.60. The Morgan fingerprint density at radius 3 is 2.57 bits per heavy atom. The maximum atomic E-state index is 12.1. The standard InChI is InChI=1S/C19H18N2O2/c1-13-6-8-15(9-7-13)18-11-17(21-23-18)12-20-19(22)16-5-3-4-14(2)10-16/h3-11H,12H2,1-2H3,(H,20,22). The van der Waals surface area contributed by atoms with E-state index in [1.165, 1.54) is 5.56 Å². The van der Waals surface area contributed by atoms with Gasteiger partial charge in [0.2, 0.25) is 0 Å². The number of nitrogens with one attached hydrogen (secondary N) is 1. The average molecular weight is 306 g/mol. The van der Waals surface area contributed by atoms with Crippen molar-refractivity contribution in [1.29, 1.82) is 0 Å². The summed E-state index contributed by atoms with van der Waals surface area (Å²) in [5.74, 6) is 0.582. The first-order chi connectivity index (χ1) is 11.1. The van der Waals surface area contributed by atoms with Crippen molar-refractivity contribution in [1.82, 2.24) is 10.5 Å². The number of aryl methyl sites for hydroxylation is 2. The SMILES string of the molecule is Cc1ccc(-c2cc(CNC(=O)c3cccc(C)c3)no2)cc1. The van der Waals surface area contributed by atoms with Gasteiger partial charge in [-0.25, -0.2) is 0 Å². The summed E-state index contributed by atoms with van der Waals surface area (Å²) in [4.78, 5) is 12.1. The van der Waals surface area contributed by atoms with Gasteiger partial charge in [-0.3, -0.25) is 4.79 Å². The Balaban J connectivity index is 1.65. The van der Waals surface area contributed by atoms with Crippen molar-refractivity contribution in [3.63, 3.8) is 0 Å². The predicted octanol–water partition coefficient (Wildman–Crippen LogP) is 3.89. The first-order valence-electron chi connectivity index (χ1n) is 7.49. The van der Waals surface area contributed by atoms with Crippen LogP contribution in [0.1, 0.15) is 27.2 Å². The molecule has 1 heterocycles. The molecule has 23 heavy (non-hydrogen) atoms.